The number of alkyl halides is 1. The minimum Gasteiger partial charge on any atom is -0.481 e. The van der Waals surface area contributed by atoms with Crippen molar-refractivity contribution in [2.75, 3.05) is 4.93 Å². The van der Waals surface area contributed by atoms with Crippen LogP contribution in [0.4, 0.5) is 0 Å². The first-order valence-corrected chi connectivity index (χ1v) is 5.73. The summed E-state index contributed by atoms with van der Waals surface area (Å²) in [4.78, 5) is 22.3. The predicted octanol–water partition coefficient (Wildman–Crippen LogP) is 1.16. The molecule has 0 unspecified atom stereocenters. The lowest BCUT2D eigenvalue weighted by Gasteiger charge is -1.87. The van der Waals surface area contributed by atoms with Gasteiger partial charge in [0, 0.05) is 11.4 Å². The van der Waals surface area contributed by atoms with Crippen LogP contribution < -0.4 is 0 Å². The minimum absolute atomic E-state index is 0.0445. The molecule has 1 amide bonds. The van der Waals surface area contributed by atoms with Crippen molar-refractivity contribution in [3.63, 3.8) is 0 Å². The fourth-order valence-corrected chi connectivity index (χ4v) is 1.13. The van der Waals surface area contributed by atoms with Crippen LogP contribution in [0, 0.1) is 0 Å². The summed E-state index contributed by atoms with van der Waals surface area (Å²) in [6, 6.07) is 0. The highest BCUT2D eigenvalue weighted by atomic mass is 127. The molecule has 0 aromatic heterocycles. The molecule has 0 spiro atoms. The molecule has 0 saturated heterocycles. The lowest BCUT2D eigenvalue weighted by atomic mass is 10.3. The van der Waals surface area contributed by atoms with E-state index in [4.69, 9.17) is 5.11 Å². The quantitative estimate of drug-likeness (QED) is 0.609. The summed E-state index contributed by atoms with van der Waals surface area (Å²) < 4.78 is 3.60. The van der Waals surface area contributed by atoms with E-state index >= 15 is 0 Å². The molecule has 0 heterocycles. The van der Waals surface area contributed by atoms with Crippen LogP contribution in [0.2, 0.25) is 0 Å². The molecule has 4 nitrogen and oxygen atoms in total. The molecule has 0 saturated carbocycles. The number of carbonyl (C=O) groups excluding carboxylic acids is 1. The van der Waals surface area contributed by atoms with Gasteiger partial charge in [-0.3, -0.25) is 9.59 Å². The molecule has 58 valence electrons. The number of halogens is 1. The van der Waals surface area contributed by atoms with Crippen LogP contribution in [0.5, 0.6) is 0 Å². The third-order valence-corrected chi connectivity index (χ3v) is 1.75. The van der Waals surface area contributed by atoms with Gasteiger partial charge in [-0.2, -0.15) is 3.15 Å². The molecule has 10 heavy (non-hydrogen) atoms. The van der Waals surface area contributed by atoms with Gasteiger partial charge >= 0.3 is 5.97 Å². The smallest absolute Gasteiger partial charge is 0.303 e. The van der Waals surface area contributed by atoms with E-state index in [1.165, 1.54) is 0 Å². The van der Waals surface area contributed by atoms with Crippen molar-refractivity contribution in [1.29, 1.82) is 0 Å². The number of amides is 1. The molecule has 0 rings (SSSR count). The van der Waals surface area contributed by atoms with Crippen molar-refractivity contribution in [2.45, 2.75) is 12.8 Å². The summed E-state index contributed by atoms with van der Waals surface area (Å²) in [6.45, 7) is 0. The summed E-state index contributed by atoms with van der Waals surface area (Å²) in [7, 11) is 0. The summed E-state index contributed by atoms with van der Waals surface area (Å²) in [5, 5.41) is 8.15. The lowest BCUT2D eigenvalue weighted by Crippen LogP contribution is -1.99. The Morgan fingerprint density at radius 2 is 2.10 bits per heavy atom. The van der Waals surface area contributed by atoms with Crippen molar-refractivity contribution >= 4 is 32.9 Å². The van der Waals surface area contributed by atoms with Gasteiger partial charge in [0.15, 0.2) is 0 Å². The Morgan fingerprint density at radius 3 is 2.50 bits per heavy atom. The first-order valence-electron chi connectivity index (χ1n) is 2.61. The number of nitrogens with zero attached hydrogens (tertiary/aromatic N) is 1. The van der Waals surface area contributed by atoms with E-state index in [1.807, 2.05) is 4.93 Å². The summed E-state index contributed by atoms with van der Waals surface area (Å²) in [5.74, 6) is -1.23. The van der Waals surface area contributed by atoms with Gasteiger partial charge in [-0.15, -0.1) is 0 Å². The predicted molar refractivity (Wildman–Crippen MR) is 44.2 cm³/mol. The molecule has 0 aromatic carbocycles. The molecule has 0 aliphatic rings. The second kappa shape index (κ2) is 5.45. The van der Waals surface area contributed by atoms with Gasteiger partial charge in [-0.1, -0.05) is 0 Å². The molecular weight excluding hydrogens is 249 g/mol. The van der Waals surface area contributed by atoms with E-state index in [0.717, 1.165) is 0 Å². The van der Waals surface area contributed by atoms with Crippen molar-refractivity contribution in [2.24, 2.45) is 3.15 Å². The van der Waals surface area contributed by atoms with Crippen LogP contribution in [0.25, 0.3) is 0 Å². The van der Waals surface area contributed by atoms with Crippen LogP contribution in [0.15, 0.2) is 3.15 Å². The third kappa shape index (κ3) is 5.80. The number of aliphatic carboxylic acids is 1. The average molecular weight is 257 g/mol. The van der Waals surface area contributed by atoms with Crippen LogP contribution in [0.3, 0.4) is 0 Å². The maximum Gasteiger partial charge on any atom is 0.303 e. The SMILES string of the molecule is CI=NC(=O)CCC(=O)O. The molecular formula is C5H8INO3. The van der Waals surface area contributed by atoms with Crippen molar-refractivity contribution in [3.8, 4) is 0 Å². The Morgan fingerprint density at radius 1 is 1.50 bits per heavy atom. The summed E-state index contributed by atoms with van der Waals surface area (Å²) in [6.07, 6.45) is -0.0605. The molecule has 1 N–H and O–H groups in total. The number of carboxylic acid groups (broad SMARTS) is 1. The fraction of sp³-hybridized carbons (Fsp3) is 0.600. The molecule has 0 aliphatic carbocycles. The minimum atomic E-state index is -0.946. The topological polar surface area (TPSA) is 66.7 Å². The Bertz CT molecular complexity index is 166. The van der Waals surface area contributed by atoms with Gasteiger partial charge in [-0.25, -0.2) is 0 Å². The van der Waals surface area contributed by atoms with Crippen LogP contribution in [0.1, 0.15) is 12.8 Å². The molecule has 0 radical (unpaired) electrons. The Labute approximate surface area is 68.8 Å². The van der Waals surface area contributed by atoms with E-state index in [9.17, 15) is 9.59 Å². The Balaban J connectivity index is 3.50. The summed E-state index contributed by atoms with van der Waals surface area (Å²) >= 11 is -0.383. The number of hydrogen-bond acceptors (Lipinski definition) is 2. The van der Waals surface area contributed by atoms with Gasteiger partial charge in [0.05, 0.1) is 6.42 Å². The van der Waals surface area contributed by atoms with E-state index < -0.39 is 5.97 Å². The molecule has 0 aliphatic heterocycles. The number of carbonyl (C=O) groups is 2. The van der Waals surface area contributed by atoms with Crippen molar-refractivity contribution in [3.05, 3.63) is 0 Å². The van der Waals surface area contributed by atoms with E-state index in [0.29, 0.717) is 0 Å². The Hall–Kier alpha value is -0.330. The monoisotopic (exact) mass is 257 g/mol. The second-order valence-corrected chi connectivity index (χ2v) is 2.99. The second-order valence-electron chi connectivity index (χ2n) is 1.54. The molecule has 0 aromatic rings. The fourth-order valence-electron chi connectivity index (χ4n) is 0.350. The first-order chi connectivity index (χ1) is 4.66. The highest BCUT2D eigenvalue weighted by Crippen LogP contribution is 1.98. The molecule has 0 bridgehead atoms. The number of carboxylic acids is 1. The maximum absolute atomic E-state index is 10.5. The van der Waals surface area contributed by atoms with Gasteiger partial charge in [0.2, 0.25) is 0 Å². The van der Waals surface area contributed by atoms with E-state index in [-0.39, 0.29) is 39.8 Å². The zero-order valence-electron chi connectivity index (χ0n) is 5.50. The molecule has 5 heteroatoms. The standard InChI is InChI=1S/C5H8INO3/c1-6-7-4(8)2-3-5(9)10/h2-3H2,1H3,(H,9,10). The zero-order chi connectivity index (χ0) is 7.98. The van der Waals surface area contributed by atoms with Gasteiger partial charge in [-0.05, 0) is 21.0 Å². The Kier molecular flexibility index (Phi) is 5.27. The van der Waals surface area contributed by atoms with E-state index in [2.05, 4.69) is 3.15 Å². The summed E-state index contributed by atoms with van der Waals surface area (Å²) in [5.41, 5.74) is 0. The highest BCUT2D eigenvalue weighted by molar-refractivity contribution is 14.2. The van der Waals surface area contributed by atoms with Crippen LogP contribution in [-0.4, -0.2) is 21.9 Å². The van der Waals surface area contributed by atoms with Crippen LogP contribution in [-0.2, 0) is 9.59 Å². The third-order valence-electron chi connectivity index (χ3n) is 0.732. The first kappa shape index (κ1) is 9.67. The number of hydrogen-bond donors (Lipinski definition) is 1. The van der Waals surface area contributed by atoms with Gasteiger partial charge < -0.3 is 5.11 Å². The highest BCUT2D eigenvalue weighted by Gasteiger charge is 2.01. The lowest BCUT2D eigenvalue weighted by molar-refractivity contribution is -0.138. The van der Waals surface area contributed by atoms with Gasteiger partial charge in [0.25, 0.3) is 5.91 Å². The molecule has 0 fully saturated rings. The van der Waals surface area contributed by atoms with Crippen LogP contribution >= 0.6 is 21.0 Å². The van der Waals surface area contributed by atoms with Crippen molar-refractivity contribution < 1.29 is 14.7 Å². The average Bonchev–Trinajstić information content (AvgIpc) is 1.85. The van der Waals surface area contributed by atoms with E-state index in [1.54, 1.807) is 0 Å². The van der Waals surface area contributed by atoms with Gasteiger partial charge in [0.1, 0.15) is 0 Å². The number of rotatable bonds is 3. The normalized spacial score (nSPS) is 10.9. The van der Waals surface area contributed by atoms with Crippen molar-refractivity contribution in [1.82, 2.24) is 0 Å². The maximum atomic E-state index is 10.5. The zero-order valence-corrected chi connectivity index (χ0v) is 7.66. The molecule has 0 atom stereocenters. The largest absolute Gasteiger partial charge is 0.481 e.